The maximum Gasteiger partial charge on any atom is 0.335 e. The number of nitrogens with zero attached hydrogens (tertiary/aromatic N) is 1. The number of carbonyl (C=O) groups is 6. The van der Waals surface area contributed by atoms with Crippen molar-refractivity contribution in [2.24, 2.45) is 23.7 Å². The zero-order valence-corrected chi connectivity index (χ0v) is 51.7. The Morgan fingerprint density at radius 1 is 0.510 bits per heavy atom. The van der Waals surface area contributed by atoms with Crippen LogP contribution in [0.2, 0.25) is 0 Å². The van der Waals surface area contributed by atoms with Gasteiger partial charge in [-0.05, 0) is 124 Å². The van der Waals surface area contributed by atoms with Crippen LogP contribution in [0.15, 0.2) is 145 Å². The predicted octanol–water partition coefficient (Wildman–Crippen LogP) is 10.2. The molecular weight excluding hydrogens is 1220 g/mol. The van der Waals surface area contributed by atoms with Crippen LogP contribution in [0.5, 0.6) is 0 Å². The van der Waals surface area contributed by atoms with Crippen molar-refractivity contribution in [2.45, 2.75) is 149 Å². The Labute approximate surface area is 567 Å². The highest BCUT2D eigenvalue weighted by atomic mass is 16.5. The number of carboxylic acid groups (broad SMARTS) is 3. The average Bonchev–Trinajstić information content (AvgIpc) is 1.57. The van der Waals surface area contributed by atoms with Gasteiger partial charge in [0.2, 0.25) is 0 Å². The zero-order chi connectivity index (χ0) is 64.6. The van der Waals surface area contributed by atoms with E-state index in [9.17, 15) is 28.8 Å². The summed E-state index contributed by atoms with van der Waals surface area (Å²) in [5.74, 6) is -3.45. The van der Waals surface area contributed by atoms with Crippen LogP contribution in [0.3, 0.4) is 0 Å². The number of likely N-dealkylation sites (tertiary alicyclic amines) is 1. The van der Waals surface area contributed by atoms with Crippen LogP contribution < -0.4 is 37.2 Å². The molecule has 5 aromatic rings. The molecule has 3 amide bonds. The molecule has 2 aliphatic carbocycles. The van der Waals surface area contributed by atoms with Gasteiger partial charge in [0.25, 0.3) is 17.7 Å². The van der Waals surface area contributed by atoms with E-state index in [1.165, 1.54) is 40.9 Å². The summed E-state index contributed by atoms with van der Waals surface area (Å²) in [6, 6.07) is 45.3. The van der Waals surface area contributed by atoms with E-state index >= 15 is 0 Å². The number of aliphatic hydroxyl groups is 2. The number of ether oxygens (including phenoxy) is 3. The highest BCUT2D eigenvalue weighted by molar-refractivity contribution is 5.99. The number of methoxy groups -OCH3 is 3. The second kappa shape index (κ2) is 38.5. The molecule has 13 rings (SSSR count). The number of benzene rings is 5. The Bertz CT molecular complexity index is 3230. The molecule has 0 radical (unpaired) electrons. The summed E-state index contributed by atoms with van der Waals surface area (Å²) in [5.41, 5.74) is 10.3. The highest BCUT2D eigenvalue weighted by Gasteiger charge is 2.47. The van der Waals surface area contributed by atoms with E-state index in [0.717, 1.165) is 75.4 Å². The van der Waals surface area contributed by atoms with Crippen molar-refractivity contribution in [1.29, 1.82) is 0 Å². The zero-order valence-electron chi connectivity index (χ0n) is 51.7. The van der Waals surface area contributed by atoms with Gasteiger partial charge in [-0.3, -0.25) is 19.2 Å². The minimum Gasteiger partial charge on any atom is -0.481 e. The van der Waals surface area contributed by atoms with E-state index < -0.39 is 36.0 Å². The van der Waals surface area contributed by atoms with Crippen LogP contribution in [0.25, 0.3) is 0 Å². The third-order valence-electron chi connectivity index (χ3n) is 18.5. The number of aliphatic carboxylic acids is 3. The van der Waals surface area contributed by atoms with Gasteiger partial charge in [-0.15, -0.1) is 0 Å². The molecule has 2 unspecified atom stereocenters. The number of carbonyl (C=O) groups excluding carboxylic acids is 3. The molecule has 1 saturated carbocycles. The van der Waals surface area contributed by atoms with Crippen molar-refractivity contribution in [1.82, 2.24) is 26.2 Å². The third kappa shape index (κ3) is 19.3. The van der Waals surface area contributed by atoms with Crippen molar-refractivity contribution in [3.63, 3.8) is 0 Å². The number of hydrogen-bond acceptors (Lipinski definition) is 16. The van der Waals surface area contributed by atoms with Crippen molar-refractivity contribution < 1.29 is 68.5 Å². The highest BCUT2D eigenvalue weighted by Crippen LogP contribution is 2.48. The van der Waals surface area contributed by atoms with Crippen molar-refractivity contribution in [3.05, 3.63) is 173 Å². The summed E-state index contributed by atoms with van der Waals surface area (Å²) in [4.78, 5) is 70.9. The Morgan fingerprint density at radius 3 is 1.40 bits per heavy atom. The maximum atomic E-state index is 13.8. The van der Waals surface area contributed by atoms with Gasteiger partial charge in [0, 0.05) is 103 Å². The Morgan fingerprint density at radius 2 is 0.938 bits per heavy atom. The molecule has 12 N–H and O–H groups in total. The predicted molar refractivity (Wildman–Crippen MR) is 376 cm³/mol. The van der Waals surface area contributed by atoms with Crippen molar-refractivity contribution in [2.75, 3.05) is 76.7 Å². The third-order valence-corrected chi connectivity index (χ3v) is 18.5. The van der Waals surface area contributed by atoms with Crippen LogP contribution in [-0.4, -0.2) is 163 Å². The molecule has 526 valence electrons. The van der Waals surface area contributed by atoms with Crippen LogP contribution in [0.1, 0.15) is 150 Å². The van der Waals surface area contributed by atoms with Crippen LogP contribution in [0.4, 0.5) is 17.1 Å². The Hall–Kier alpha value is -8.22. The topological polar surface area (TPSA) is 319 Å². The lowest BCUT2D eigenvalue weighted by atomic mass is 9.83. The molecule has 96 heavy (non-hydrogen) atoms. The Balaban J connectivity index is 0.000000266. The lowest BCUT2D eigenvalue weighted by molar-refractivity contribution is -0.165. The molecule has 3 saturated heterocycles. The molecule has 0 aromatic heterocycles. The smallest absolute Gasteiger partial charge is 0.335 e. The number of fused-ring (bicyclic) bond motifs is 9. The minimum absolute atomic E-state index is 0. The summed E-state index contributed by atoms with van der Waals surface area (Å²) in [5, 5.41) is 65.4. The summed E-state index contributed by atoms with van der Waals surface area (Å²) < 4.78 is 16.1. The normalized spacial score (nSPS) is 24.3. The molecular formula is C74H106N8O14. The monoisotopic (exact) mass is 1330 g/mol. The molecule has 6 aliphatic heterocycles. The van der Waals surface area contributed by atoms with Gasteiger partial charge in [0.15, 0.2) is 12.2 Å². The molecule has 6 heterocycles. The van der Waals surface area contributed by atoms with Gasteiger partial charge in [0.1, 0.15) is 0 Å². The molecule has 4 fully saturated rings. The molecule has 8 aliphatic rings. The van der Waals surface area contributed by atoms with Gasteiger partial charge in [-0.2, -0.15) is 0 Å². The van der Waals surface area contributed by atoms with Gasteiger partial charge < -0.3 is 81.9 Å². The first-order valence-corrected chi connectivity index (χ1v) is 31.4. The van der Waals surface area contributed by atoms with Crippen molar-refractivity contribution >= 4 is 52.7 Å². The van der Waals surface area contributed by atoms with Crippen molar-refractivity contribution in [3.8, 4) is 0 Å². The molecule has 0 bridgehead atoms. The molecule has 5 aromatic carbocycles. The number of carboxylic acids is 3. The fourth-order valence-electron chi connectivity index (χ4n) is 14.1. The molecule has 0 spiro atoms. The number of para-hydroxylation sites is 3. The number of nitrogens with one attached hydrogen (secondary N) is 7. The number of anilines is 3. The second-order valence-electron chi connectivity index (χ2n) is 24.1. The molecule has 22 heteroatoms. The number of allylic oxidation sites excluding steroid dienone is 1. The first-order valence-electron chi connectivity index (χ1n) is 31.4. The fraction of sp³-hybridized carbons (Fsp3) is 0.486. The summed E-state index contributed by atoms with van der Waals surface area (Å²) in [6.07, 6.45) is 3.45. The van der Waals surface area contributed by atoms with Crippen LogP contribution in [-0.2, 0) is 33.4 Å². The maximum absolute atomic E-state index is 13.8. The largest absolute Gasteiger partial charge is 0.481 e. The van der Waals surface area contributed by atoms with Gasteiger partial charge in [-0.1, -0.05) is 135 Å². The van der Waals surface area contributed by atoms with E-state index in [-0.39, 0.29) is 73.0 Å². The summed E-state index contributed by atoms with van der Waals surface area (Å²) >= 11 is 0. The summed E-state index contributed by atoms with van der Waals surface area (Å²) in [6.45, 7) is 5.14. The number of aliphatic hydroxyl groups excluding tert-OH is 2. The first kappa shape index (κ1) is 80.2. The minimum atomic E-state index is -2.27. The van der Waals surface area contributed by atoms with E-state index in [2.05, 4.69) is 97.9 Å². The number of amides is 3. The standard InChI is InChI=1S/C26H29N3O3.2C13H18N2O.C13H15NO3.C4H6O6.5CH4/c1-32-16-23-19-14-15-29(24(19)18-10-5-6-12-21(18)27-23)26(31)20-11-7-13-22(20)28-25(30)17-8-3-2-4-9-17;2*1-16-8-12-10-6-7-14-13(10)9-4-2-3-5-11(9)15-12;15-12(9-5-2-1-3-6-9)14-11-8-4-7-10(11)13(16)17;5-1(3(7)8)2(6)4(9)10;;;;;/h2-6,8-10,12,19,23-24,27H,7,11,13-16H2,1H3,(H,28,30);2*2-5,10,12-15H,6-8H2,1H3;1-3,5-6,10-11H,4,7-8H2,(H,14,15)(H,16,17);1-2,5-6H,(H,7,8)(H,9,10);5*1H4/t19-,23+,24+;2*10-,12+,13+;;1-,2-;;;;;/m111.1...../s1. The summed E-state index contributed by atoms with van der Waals surface area (Å²) in [7, 11) is 5.28. The lowest BCUT2D eigenvalue weighted by Crippen LogP contribution is -2.43. The van der Waals surface area contributed by atoms with Crippen LogP contribution >= 0.6 is 0 Å². The van der Waals surface area contributed by atoms with E-state index in [0.29, 0.717) is 79.0 Å². The van der Waals surface area contributed by atoms with E-state index in [4.69, 9.17) is 39.7 Å². The Kier molecular flexibility index (Phi) is 32.2. The second-order valence-corrected chi connectivity index (χ2v) is 24.1. The number of hydrogen-bond donors (Lipinski definition) is 12. The average molecular weight is 1330 g/mol. The fourth-order valence-corrected chi connectivity index (χ4v) is 14.1. The lowest BCUT2D eigenvalue weighted by Gasteiger charge is -2.39. The van der Waals surface area contributed by atoms with Gasteiger partial charge >= 0.3 is 17.9 Å². The quantitative estimate of drug-likeness (QED) is 0.0464. The SMILES string of the molecule is C.C.C.C.C.COC[C@@H]1Nc2ccccc2[C@@H]2NCC[C@H]12.COC[C@@H]1Nc2ccccc2[C@@H]2NCC[C@H]12.COC[C@@H]1Nc2ccccc2[C@H]2[C@@H]1CCN2C(=O)C1=C(NC(=O)c2ccccc2)CCC1.O=C(NC1CCCC1C(=O)O)c1ccccc1.O=C(O)[C@H](O)[C@@H](O)C(=O)O. The molecule has 13 atom stereocenters. The van der Waals surface area contributed by atoms with E-state index in [1.54, 1.807) is 57.7 Å². The van der Waals surface area contributed by atoms with E-state index in [1.807, 2.05) is 41.3 Å². The molecule has 22 nitrogen and oxygen atoms in total. The first-order chi connectivity index (χ1) is 44.1. The van der Waals surface area contributed by atoms with Gasteiger partial charge in [-0.25, -0.2) is 9.59 Å². The van der Waals surface area contributed by atoms with Crippen LogP contribution in [0, 0.1) is 23.7 Å². The van der Waals surface area contributed by atoms with Gasteiger partial charge in [0.05, 0.1) is 49.9 Å². The number of rotatable bonds is 15.